The van der Waals surface area contributed by atoms with Crippen molar-refractivity contribution in [3.8, 4) is 0 Å². The topological polar surface area (TPSA) is 52.6 Å². The first-order valence-electron chi connectivity index (χ1n) is 5.97. The van der Waals surface area contributed by atoms with Gasteiger partial charge in [-0.2, -0.15) is 0 Å². The van der Waals surface area contributed by atoms with Crippen LogP contribution in [0.3, 0.4) is 0 Å². The lowest BCUT2D eigenvalue weighted by Crippen LogP contribution is -2.16. The van der Waals surface area contributed by atoms with Crippen LogP contribution in [-0.2, 0) is 19.1 Å². The molecule has 0 aromatic rings. The number of carbonyl (C=O) groups excluding carboxylic acids is 2. The summed E-state index contributed by atoms with van der Waals surface area (Å²) in [6.07, 6.45) is 0.517. The van der Waals surface area contributed by atoms with Gasteiger partial charge in [0.05, 0.1) is 13.2 Å². The molecule has 0 aromatic heterocycles. The molecule has 0 saturated carbocycles. The first-order valence-corrected chi connectivity index (χ1v) is 5.97. The highest BCUT2D eigenvalue weighted by molar-refractivity contribution is 5.99. The molecule has 0 saturated heterocycles. The van der Waals surface area contributed by atoms with Gasteiger partial charge in [-0.1, -0.05) is 13.8 Å². The zero-order valence-corrected chi connectivity index (χ0v) is 11.3. The molecule has 0 N–H and O–H groups in total. The maximum Gasteiger partial charge on any atom is 0.334 e. The largest absolute Gasteiger partial charge is 0.463 e. The Morgan fingerprint density at radius 3 is 1.88 bits per heavy atom. The summed E-state index contributed by atoms with van der Waals surface area (Å²) in [5.41, 5.74) is 0.763. The van der Waals surface area contributed by atoms with Gasteiger partial charge in [-0.15, -0.1) is 0 Å². The predicted octanol–water partition coefficient (Wildman–Crippen LogP) is 2.48. The van der Waals surface area contributed by atoms with Gasteiger partial charge in [0.1, 0.15) is 0 Å². The molecule has 0 fully saturated rings. The highest BCUT2D eigenvalue weighted by Crippen LogP contribution is 2.18. The molecule has 0 radical (unpaired) electrons. The second-order valence-electron chi connectivity index (χ2n) is 4.14. The molecular formula is C13H22O4. The number of ether oxygens (including phenoxy) is 2. The molecule has 0 aliphatic heterocycles. The summed E-state index contributed by atoms with van der Waals surface area (Å²) >= 11 is 0. The third kappa shape index (κ3) is 5.52. The van der Waals surface area contributed by atoms with Crippen molar-refractivity contribution < 1.29 is 19.1 Å². The van der Waals surface area contributed by atoms with Crippen molar-refractivity contribution in [1.29, 1.82) is 0 Å². The molecule has 0 aromatic carbocycles. The van der Waals surface area contributed by atoms with Crippen LogP contribution in [0, 0.1) is 5.92 Å². The Morgan fingerprint density at radius 2 is 1.47 bits per heavy atom. The highest BCUT2D eigenvalue weighted by Gasteiger charge is 2.20. The molecule has 98 valence electrons. The number of hydrogen-bond acceptors (Lipinski definition) is 4. The lowest BCUT2D eigenvalue weighted by Gasteiger charge is -2.12. The van der Waals surface area contributed by atoms with E-state index in [-0.39, 0.29) is 5.92 Å². The second kappa shape index (κ2) is 7.87. The fourth-order valence-corrected chi connectivity index (χ4v) is 1.38. The van der Waals surface area contributed by atoms with E-state index in [9.17, 15) is 9.59 Å². The van der Waals surface area contributed by atoms with Gasteiger partial charge in [0, 0.05) is 11.1 Å². The predicted molar refractivity (Wildman–Crippen MR) is 65.4 cm³/mol. The molecule has 0 atom stereocenters. The van der Waals surface area contributed by atoms with Crippen LogP contribution >= 0.6 is 0 Å². The fourth-order valence-electron chi connectivity index (χ4n) is 1.38. The fraction of sp³-hybridized carbons (Fsp3) is 0.692. The molecule has 0 unspecified atom stereocenters. The van der Waals surface area contributed by atoms with E-state index in [2.05, 4.69) is 0 Å². The Labute approximate surface area is 103 Å². The first kappa shape index (κ1) is 15.7. The SMILES string of the molecule is CCOC(=O)/C(C)=C(/CC(C)C)C(=O)OCC. The Bertz CT molecular complexity index is 303. The van der Waals surface area contributed by atoms with Gasteiger partial charge in [0.2, 0.25) is 0 Å². The van der Waals surface area contributed by atoms with Crippen LogP contribution in [0.1, 0.15) is 41.0 Å². The molecule has 0 bridgehead atoms. The van der Waals surface area contributed by atoms with E-state index in [0.717, 1.165) is 0 Å². The average Bonchev–Trinajstić information content (AvgIpc) is 2.25. The molecule has 0 aliphatic rings. The average molecular weight is 242 g/mol. The standard InChI is InChI=1S/C13H22O4/c1-6-16-12(14)10(5)11(8-9(3)4)13(15)17-7-2/h9H,6-8H2,1-5H3/b11-10-. The van der Waals surface area contributed by atoms with Crippen molar-refractivity contribution in [1.82, 2.24) is 0 Å². The van der Waals surface area contributed by atoms with Gasteiger partial charge in [0.25, 0.3) is 0 Å². The quantitative estimate of drug-likeness (QED) is 0.530. The monoisotopic (exact) mass is 242 g/mol. The van der Waals surface area contributed by atoms with Gasteiger partial charge in [0.15, 0.2) is 0 Å². The molecule has 17 heavy (non-hydrogen) atoms. The Kier molecular flexibility index (Phi) is 7.26. The first-order chi connectivity index (χ1) is 7.93. The van der Waals surface area contributed by atoms with Crippen LogP contribution in [0.25, 0.3) is 0 Å². The van der Waals surface area contributed by atoms with Gasteiger partial charge < -0.3 is 9.47 Å². The van der Waals surface area contributed by atoms with Crippen LogP contribution in [0.15, 0.2) is 11.1 Å². The normalized spacial score (nSPS) is 12.1. The van der Waals surface area contributed by atoms with E-state index >= 15 is 0 Å². The van der Waals surface area contributed by atoms with Gasteiger partial charge in [-0.3, -0.25) is 0 Å². The molecule has 4 heteroatoms. The lowest BCUT2D eigenvalue weighted by atomic mass is 9.99. The maximum absolute atomic E-state index is 11.7. The van der Waals surface area contributed by atoms with Crippen LogP contribution in [0.5, 0.6) is 0 Å². The molecule has 0 spiro atoms. The van der Waals surface area contributed by atoms with Crippen molar-refractivity contribution in [2.75, 3.05) is 13.2 Å². The Morgan fingerprint density at radius 1 is 1.00 bits per heavy atom. The Hall–Kier alpha value is -1.32. The van der Waals surface area contributed by atoms with E-state index in [1.54, 1.807) is 20.8 Å². The maximum atomic E-state index is 11.7. The van der Waals surface area contributed by atoms with E-state index in [4.69, 9.17) is 9.47 Å². The minimum absolute atomic E-state index is 0.277. The third-order valence-electron chi connectivity index (χ3n) is 2.17. The highest BCUT2D eigenvalue weighted by atomic mass is 16.5. The van der Waals surface area contributed by atoms with Crippen molar-refractivity contribution in [2.45, 2.75) is 41.0 Å². The molecule has 0 heterocycles. The number of carbonyl (C=O) groups is 2. The number of rotatable bonds is 6. The van der Waals surface area contributed by atoms with Crippen LogP contribution in [0.2, 0.25) is 0 Å². The Balaban J connectivity index is 5.05. The minimum Gasteiger partial charge on any atom is -0.463 e. The molecule has 0 rings (SSSR count). The summed E-state index contributed by atoms with van der Waals surface area (Å²) in [7, 11) is 0. The third-order valence-corrected chi connectivity index (χ3v) is 2.17. The van der Waals surface area contributed by atoms with Crippen LogP contribution in [0.4, 0.5) is 0 Å². The van der Waals surface area contributed by atoms with E-state index in [1.807, 2.05) is 13.8 Å². The summed E-state index contributed by atoms with van der Waals surface area (Å²) in [4.78, 5) is 23.3. The van der Waals surface area contributed by atoms with E-state index < -0.39 is 11.9 Å². The zero-order valence-electron chi connectivity index (χ0n) is 11.3. The summed E-state index contributed by atoms with van der Waals surface area (Å²) < 4.78 is 9.84. The van der Waals surface area contributed by atoms with Gasteiger partial charge in [-0.25, -0.2) is 9.59 Å². The van der Waals surface area contributed by atoms with Crippen LogP contribution < -0.4 is 0 Å². The summed E-state index contributed by atoms with van der Waals surface area (Å²) in [5, 5.41) is 0. The van der Waals surface area contributed by atoms with E-state index in [1.165, 1.54) is 0 Å². The molecule has 4 nitrogen and oxygen atoms in total. The summed E-state index contributed by atoms with van der Waals surface area (Å²) in [6, 6.07) is 0. The smallest absolute Gasteiger partial charge is 0.334 e. The van der Waals surface area contributed by atoms with Crippen molar-refractivity contribution in [2.24, 2.45) is 5.92 Å². The van der Waals surface area contributed by atoms with E-state index in [0.29, 0.717) is 30.8 Å². The summed E-state index contributed by atoms with van der Waals surface area (Å²) in [6.45, 7) is 9.65. The molecule has 0 aliphatic carbocycles. The van der Waals surface area contributed by atoms with Crippen molar-refractivity contribution in [3.63, 3.8) is 0 Å². The summed E-state index contributed by atoms with van der Waals surface area (Å²) in [5.74, 6) is -0.596. The van der Waals surface area contributed by atoms with Gasteiger partial charge >= 0.3 is 11.9 Å². The molecular weight excluding hydrogens is 220 g/mol. The minimum atomic E-state index is -0.448. The van der Waals surface area contributed by atoms with Gasteiger partial charge in [-0.05, 0) is 33.1 Å². The number of esters is 2. The second-order valence-corrected chi connectivity index (χ2v) is 4.14. The lowest BCUT2D eigenvalue weighted by molar-refractivity contribution is -0.142. The van der Waals surface area contributed by atoms with Crippen molar-refractivity contribution >= 4 is 11.9 Å². The molecule has 0 amide bonds. The zero-order chi connectivity index (χ0) is 13.4. The van der Waals surface area contributed by atoms with Crippen molar-refractivity contribution in [3.05, 3.63) is 11.1 Å². The number of hydrogen-bond donors (Lipinski definition) is 0. The van der Waals surface area contributed by atoms with Crippen LogP contribution in [-0.4, -0.2) is 25.2 Å².